The van der Waals surface area contributed by atoms with Gasteiger partial charge >= 0.3 is 0 Å². The van der Waals surface area contributed by atoms with Crippen molar-refractivity contribution in [3.63, 3.8) is 0 Å². The van der Waals surface area contributed by atoms with Gasteiger partial charge in [0.05, 0.1) is 19.3 Å². The molecule has 8 heteroatoms. The fraction of sp³-hybridized carbons (Fsp3) is 0.600. The van der Waals surface area contributed by atoms with Crippen LogP contribution in [0.15, 0.2) is 29.3 Å². The molecule has 1 aromatic carbocycles. The number of nitrogens with zero attached hydrogens (tertiary/aromatic N) is 3. The number of morpholine rings is 1. The zero-order valence-electron chi connectivity index (χ0n) is 16.3. The van der Waals surface area contributed by atoms with Gasteiger partial charge in [0.25, 0.3) is 0 Å². The van der Waals surface area contributed by atoms with Crippen molar-refractivity contribution in [2.24, 2.45) is 4.99 Å². The van der Waals surface area contributed by atoms with E-state index in [1.54, 1.807) is 7.05 Å². The van der Waals surface area contributed by atoms with Gasteiger partial charge in [0.2, 0.25) is 5.91 Å². The summed E-state index contributed by atoms with van der Waals surface area (Å²) in [5.41, 5.74) is 2.27. The third-order valence-corrected chi connectivity index (χ3v) is 5.57. The molecule has 2 unspecified atom stereocenters. The molecule has 0 spiro atoms. The van der Waals surface area contributed by atoms with E-state index >= 15 is 0 Å². The molecule has 0 aromatic heterocycles. The molecule has 0 radical (unpaired) electrons. The van der Waals surface area contributed by atoms with Gasteiger partial charge in [-0.2, -0.15) is 0 Å². The molecule has 3 aliphatic heterocycles. The van der Waals surface area contributed by atoms with Gasteiger partial charge in [0.1, 0.15) is 6.10 Å². The van der Waals surface area contributed by atoms with E-state index in [4.69, 9.17) is 9.47 Å². The van der Waals surface area contributed by atoms with E-state index in [1.165, 1.54) is 5.56 Å². The fourth-order valence-electron chi connectivity index (χ4n) is 4.17. The SMILES string of the molecule is CN=C(NCC(=O)N1CCc2ccccc21)N1CCOC(C2CCCO2)C1.I. The monoisotopic (exact) mass is 500 g/mol. The third-order valence-electron chi connectivity index (χ3n) is 5.57. The first-order valence-electron chi connectivity index (χ1n) is 9.83. The number of rotatable bonds is 3. The van der Waals surface area contributed by atoms with E-state index < -0.39 is 0 Å². The van der Waals surface area contributed by atoms with Crippen LogP contribution in [-0.4, -0.2) is 75.4 Å². The van der Waals surface area contributed by atoms with Crippen LogP contribution in [0, 0.1) is 0 Å². The van der Waals surface area contributed by atoms with E-state index in [0.717, 1.165) is 57.2 Å². The Morgan fingerprint density at radius 3 is 2.82 bits per heavy atom. The van der Waals surface area contributed by atoms with E-state index in [-0.39, 0.29) is 48.6 Å². The molecule has 0 aliphatic carbocycles. The standard InChI is InChI=1S/C20H28N4O3.HI/c1-21-20(23-10-12-27-18(14-23)17-7-4-11-26-17)22-13-19(25)24-9-8-15-5-2-3-6-16(15)24;/h2-3,5-6,17-18H,4,7-14H2,1H3,(H,21,22);1H. The number of carbonyl (C=O) groups is 1. The Kier molecular flexibility index (Phi) is 7.53. The van der Waals surface area contributed by atoms with Crippen molar-refractivity contribution in [1.29, 1.82) is 0 Å². The Morgan fingerprint density at radius 1 is 1.21 bits per heavy atom. The predicted molar refractivity (Wildman–Crippen MR) is 120 cm³/mol. The highest BCUT2D eigenvalue weighted by Crippen LogP contribution is 2.27. The minimum absolute atomic E-state index is 0. The number of carbonyl (C=O) groups excluding carboxylic acids is 1. The molecule has 3 aliphatic rings. The molecule has 2 saturated heterocycles. The van der Waals surface area contributed by atoms with E-state index in [0.29, 0.717) is 6.61 Å². The Hall–Kier alpha value is -1.39. The van der Waals surface area contributed by atoms with Crippen molar-refractivity contribution < 1.29 is 14.3 Å². The molecule has 28 heavy (non-hydrogen) atoms. The molecule has 1 aromatic rings. The number of guanidine groups is 1. The molecule has 4 rings (SSSR count). The number of hydrogen-bond donors (Lipinski definition) is 1. The first kappa shape index (κ1) is 21.3. The summed E-state index contributed by atoms with van der Waals surface area (Å²) in [6.07, 6.45) is 3.32. The van der Waals surface area contributed by atoms with Crippen LogP contribution in [0.4, 0.5) is 5.69 Å². The van der Waals surface area contributed by atoms with Gasteiger partial charge in [-0.15, -0.1) is 24.0 Å². The first-order chi connectivity index (χ1) is 13.3. The molecule has 2 atom stereocenters. The fourth-order valence-corrected chi connectivity index (χ4v) is 4.17. The molecule has 7 nitrogen and oxygen atoms in total. The number of para-hydroxylation sites is 1. The normalized spacial score (nSPS) is 24.7. The van der Waals surface area contributed by atoms with Crippen LogP contribution in [0.3, 0.4) is 0 Å². The van der Waals surface area contributed by atoms with Crippen molar-refractivity contribution in [3.8, 4) is 0 Å². The molecule has 0 bridgehead atoms. The molecule has 154 valence electrons. The summed E-state index contributed by atoms with van der Waals surface area (Å²) in [6, 6.07) is 8.11. The molecule has 1 amide bonds. The quantitative estimate of drug-likeness (QED) is 0.389. The Bertz CT molecular complexity index is 708. The average molecular weight is 500 g/mol. The average Bonchev–Trinajstić information content (AvgIpc) is 3.38. The van der Waals surface area contributed by atoms with Crippen molar-refractivity contribution in [2.75, 3.05) is 51.3 Å². The Balaban J connectivity index is 0.00000225. The summed E-state index contributed by atoms with van der Waals surface area (Å²) in [6.45, 7) is 3.97. The zero-order valence-corrected chi connectivity index (χ0v) is 18.6. The van der Waals surface area contributed by atoms with E-state index in [9.17, 15) is 4.79 Å². The van der Waals surface area contributed by atoms with Crippen molar-refractivity contribution >= 4 is 41.5 Å². The second kappa shape index (κ2) is 9.89. The second-order valence-corrected chi connectivity index (χ2v) is 7.23. The number of amides is 1. The minimum atomic E-state index is 0. The van der Waals surface area contributed by atoms with Gasteiger partial charge in [-0.1, -0.05) is 18.2 Å². The maximum atomic E-state index is 12.7. The van der Waals surface area contributed by atoms with Crippen LogP contribution < -0.4 is 10.2 Å². The number of aliphatic imine (C=N–C) groups is 1. The Labute approximate surface area is 183 Å². The number of halogens is 1. The van der Waals surface area contributed by atoms with Crippen LogP contribution in [0.2, 0.25) is 0 Å². The summed E-state index contributed by atoms with van der Waals surface area (Å²) in [5.74, 6) is 0.826. The van der Waals surface area contributed by atoms with Gasteiger partial charge in [-0.3, -0.25) is 9.79 Å². The number of benzene rings is 1. The summed E-state index contributed by atoms with van der Waals surface area (Å²) in [4.78, 5) is 21.1. The lowest BCUT2D eigenvalue weighted by molar-refractivity contribution is -0.117. The van der Waals surface area contributed by atoms with Crippen LogP contribution in [-0.2, 0) is 20.7 Å². The summed E-state index contributed by atoms with van der Waals surface area (Å²) in [7, 11) is 1.76. The smallest absolute Gasteiger partial charge is 0.246 e. The highest BCUT2D eigenvalue weighted by molar-refractivity contribution is 14.0. The summed E-state index contributed by atoms with van der Waals surface area (Å²) < 4.78 is 11.7. The van der Waals surface area contributed by atoms with Crippen LogP contribution >= 0.6 is 24.0 Å². The number of ether oxygens (including phenoxy) is 2. The molecule has 2 fully saturated rings. The van der Waals surface area contributed by atoms with Crippen LogP contribution in [0.5, 0.6) is 0 Å². The number of anilines is 1. The zero-order chi connectivity index (χ0) is 18.6. The highest BCUT2D eigenvalue weighted by Gasteiger charge is 2.32. The first-order valence-corrected chi connectivity index (χ1v) is 9.83. The van der Waals surface area contributed by atoms with Crippen LogP contribution in [0.25, 0.3) is 0 Å². The number of nitrogens with one attached hydrogen (secondary N) is 1. The van der Waals surface area contributed by atoms with Gasteiger partial charge in [0, 0.05) is 39.0 Å². The van der Waals surface area contributed by atoms with Gasteiger partial charge < -0.3 is 24.6 Å². The second-order valence-electron chi connectivity index (χ2n) is 7.23. The lowest BCUT2D eigenvalue weighted by Gasteiger charge is -2.37. The third kappa shape index (κ3) is 4.60. The van der Waals surface area contributed by atoms with Crippen molar-refractivity contribution in [3.05, 3.63) is 29.8 Å². The molecular weight excluding hydrogens is 471 g/mol. The van der Waals surface area contributed by atoms with Crippen molar-refractivity contribution in [1.82, 2.24) is 10.2 Å². The van der Waals surface area contributed by atoms with Crippen LogP contribution in [0.1, 0.15) is 18.4 Å². The number of hydrogen-bond acceptors (Lipinski definition) is 4. The summed E-state index contributed by atoms with van der Waals surface area (Å²) >= 11 is 0. The van der Waals surface area contributed by atoms with Gasteiger partial charge in [-0.05, 0) is 30.9 Å². The summed E-state index contributed by atoms with van der Waals surface area (Å²) in [5, 5.41) is 3.25. The van der Waals surface area contributed by atoms with Gasteiger partial charge in [-0.25, -0.2) is 0 Å². The molecule has 0 saturated carbocycles. The lowest BCUT2D eigenvalue weighted by atomic mass is 10.1. The van der Waals surface area contributed by atoms with E-state index in [1.807, 2.05) is 23.1 Å². The van der Waals surface area contributed by atoms with Crippen molar-refractivity contribution in [2.45, 2.75) is 31.5 Å². The molecular formula is C20H29IN4O3. The molecule has 3 heterocycles. The topological polar surface area (TPSA) is 66.4 Å². The largest absolute Gasteiger partial charge is 0.375 e. The Morgan fingerprint density at radius 2 is 2.04 bits per heavy atom. The minimum Gasteiger partial charge on any atom is -0.375 e. The molecule has 1 N–H and O–H groups in total. The predicted octanol–water partition coefficient (Wildman–Crippen LogP) is 1.65. The van der Waals surface area contributed by atoms with Gasteiger partial charge in [0.15, 0.2) is 5.96 Å². The highest BCUT2D eigenvalue weighted by atomic mass is 127. The maximum absolute atomic E-state index is 12.7. The number of fused-ring (bicyclic) bond motifs is 1. The maximum Gasteiger partial charge on any atom is 0.246 e. The van der Waals surface area contributed by atoms with E-state index in [2.05, 4.69) is 21.3 Å². The lowest BCUT2D eigenvalue weighted by Crippen LogP contribution is -2.54.